The van der Waals surface area contributed by atoms with Crippen molar-refractivity contribution in [3.63, 3.8) is 0 Å². The summed E-state index contributed by atoms with van der Waals surface area (Å²) in [6.07, 6.45) is 2.33. The summed E-state index contributed by atoms with van der Waals surface area (Å²) in [6, 6.07) is 4.21. The van der Waals surface area contributed by atoms with Crippen LogP contribution < -0.4 is 14.8 Å². The minimum absolute atomic E-state index is 0.229. The number of aromatic nitrogens is 2. The van der Waals surface area contributed by atoms with Crippen LogP contribution in [-0.4, -0.2) is 29.7 Å². The van der Waals surface area contributed by atoms with E-state index in [0.717, 1.165) is 29.6 Å². The van der Waals surface area contributed by atoms with Gasteiger partial charge in [0.15, 0.2) is 11.5 Å². The molecule has 1 aromatic carbocycles. The van der Waals surface area contributed by atoms with E-state index in [0.29, 0.717) is 24.1 Å². The van der Waals surface area contributed by atoms with Crippen LogP contribution in [0.2, 0.25) is 5.28 Å². The Morgan fingerprint density at radius 2 is 2.10 bits per heavy atom. The Kier molecular flexibility index (Phi) is 3.53. The normalized spacial score (nSPS) is 14.3. The third-order valence-electron chi connectivity index (χ3n) is 3.17. The Labute approximate surface area is 122 Å². The molecule has 0 radical (unpaired) electrons. The molecule has 0 atom stereocenters. The van der Waals surface area contributed by atoms with Gasteiger partial charge < -0.3 is 14.8 Å². The van der Waals surface area contributed by atoms with Crippen LogP contribution >= 0.6 is 11.6 Å². The SMILES string of the molecule is CCOc1cc2c(NC3CC3)nc(Cl)nc2cc1OC. The van der Waals surface area contributed by atoms with Crippen LogP contribution in [0.1, 0.15) is 19.8 Å². The van der Waals surface area contributed by atoms with Crippen LogP contribution in [0.3, 0.4) is 0 Å². The molecule has 1 aliphatic carbocycles. The van der Waals surface area contributed by atoms with Gasteiger partial charge in [-0.15, -0.1) is 0 Å². The summed E-state index contributed by atoms with van der Waals surface area (Å²) in [7, 11) is 1.61. The van der Waals surface area contributed by atoms with Crippen molar-refractivity contribution in [1.29, 1.82) is 0 Å². The molecule has 1 aromatic heterocycles. The zero-order valence-corrected chi connectivity index (χ0v) is 12.2. The molecule has 5 nitrogen and oxygen atoms in total. The van der Waals surface area contributed by atoms with Crippen molar-refractivity contribution < 1.29 is 9.47 Å². The van der Waals surface area contributed by atoms with Gasteiger partial charge in [0.25, 0.3) is 0 Å². The van der Waals surface area contributed by atoms with E-state index in [1.807, 2.05) is 19.1 Å². The zero-order valence-electron chi connectivity index (χ0n) is 11.4. The lowest BCUT2D eigenvalue weighted by molar-refractivity contribution is 0.311. The third-order valence-corrected chi connectivity index (χ3v) is 3.34. The molecule has 20 heavy (non-hydrogen) atoms. The highest BCUT2D eigenvalue weighted by Crippen LogP contribution is 2.36. The summed E-state index contributed by atoms with van der Waals surface area (Å²) in [5.41, 5.74) is 0.744. The maximum absolute atomic E-state index is 5.99. The summed E-state index contributed by atoms with van der Waals surface area (Å²) in [6.45, 7) is 2.51. The average molecular weight is 294 g/mol. The summed E-state index contributed by atoms with van der Waals surface area (Å²) < 4.78 is 10.9. The van der Waals surface area contributed by atoms with Crippen LogP contribution in [0.4, 0.5) is 5.82 Å². The number of nitrogens with zero attached hydrogens (tertiary/aromatic N) is 2. The van der Waals surface area contributed by atoms with E-state index in [1.54, 1.807) is 7.11 Å². The van der Waals surface area contributed by atoms with Gasteiger partial charge in [-0.25, -0.2) is 9.97 Å². The van der Waals surface area contributed by atoms with E-state index in [-0.39, 0.29) is 5.28 Å². The number of hydrogen-bond acceptors (Lipinski definition) is 5. The number of nitrogens with one attached hydrogen (secondary N) is 1. The number of halogens is 1. The van der Waals surface area contributed by atoms with Gasteiger partial charge in [0.05, 0.1) is 19.2 Å². The molecule has 0 amide bonds. The van der Waals surface area contributed by atoms with Gasteiger partial charge in [0.2, 0.25) is 5.28 Å². The molecule has 0 saturated heterocycles. The van der Waals surface area contributed by atoms with Gasteiger partial charge in [-0.05, 0) is 37.4 Å². The molecule has 0 aliphatic heterocycles. The molecular weight excluding hydrogens is 278 g/mol. The third kappa shape index (κ3) is 2.58. The van der Waals surface area contributed by atoms with Crippen molar-refractivity contribution in [2.75, 3.05) is 19.0 Å². The van der Waals surface area contributed by atoms with Crippen LogP contribution in [0.5, 0.6) is 11.5 Å². The van der Waals surface area contributed by atoms with E-state index in [4.69, 9.17) is 21.1 Å². The number of anilines is 1. The second kappa shape index (κ2) is 5.32. The summed E-state index contributed by atoms with van der Waals surface area (Å²) in [5.74, 6) is 2.09. The van der Waals surface area contributed by atoms with E-state index in [9.17, 15) is 0 Å². The molecule has 1 heterocycles. The van der Waals surface area contributed by atoms with Gasteiger partial charge in [-0.1, -0.05) is 0 Å². The van der Waals surface area contributed by atoms with Gasteiger partial charge in [0, 0.05) is 17.5 Å². The Morgan fingerprint density at radius 1 is 1.30 bits per heavy atom. The predicted octanol–water partition coefficient (Wildman–Crippen LogP) is 3.26. The summed E-state index contributed by atoms with van der Waals surface area (Å²) in [4.78, 5) is 8.54. The quantitative estimate of drug-likeness (QED) is 0.858. The molecule has 1 aliphatic rings. The molecule has 106 valence electrons. The first-order valence-corrected chi connectivity index (χ1v) is 7.03. The van der Waals surface area contributed by atoms with Crippen LogP contribution in [-0.2, 0) is 0 Å². The Morgan fingerprint density at radius 3 is 2.75 bits per heavy atom. The van der Waals surface area contributed by atoms with Crippen molar-refractivity contribution in [2.24, 2.45) is 0 Å². The second-order valence-electron chi connectivity index (χ2n) is 4.71. The first-order valence-electron chi connectivity index (χ1n) is 6.66. The number of ether oxygens (including phenoxy) is 2. The molecule has 0 bridgehead atoms. The maximum atomic E-state index is 5.99. The molecule has 1 fully saturated rings. The summed E-state index contributed by atoms with van der Waals surface area (Å²) >= 11 is 5.99. The Balaban J connectivity index is 2.14. The van der Waals surface area contributed by atoms with E-state index >= 15 is 0 Å². The van der Waals surface area contributed by atoms with Crippen molar-refractivity contribution >= 4 is 28.3 Å². The molecule has 0 spiro atoms. The smallest absolute Gasteiger partial charge is 0.224 e. The molecular formula is C14H16ClN3O2. The first-order chi connectivity index (χ1) is 9.71. The number of hydrogen-bond donors (Lipinski definition) is 1. The Hall–Kier alpha value is -1.75. The lowest BCUT2D eigenvalue weighted by Crippen LogP contribution is -2.05. The number of rotatable bonds is 5. The molecule has 0 unspecified atom stereocenters. The van der Waals surface area contributed by atoms with Crippen LogP contribution in [0.25, 0.3) is 10.9 Å². The number of methoxy groups -OCH3 is 1. The van der Waals surface area contributed by atoms with Gasteiger partial charge >= 0.3 is 0 Å². The minimum Gasteiger partial charge on any atom is -0.493 e. The fraction of sp³-hybridized carbons (Fsp3) is 0.429. The van der Waals surface area contributed by atoms with Crippen LogP contribution in [0, 0.1) is 0 Å². The van der Waals surface area contributed by atoms with Crippen LogP contribution in [0.15, 0.2) is 12.1 Å². The number of fused-ring (bicyclic) bond motifs is 1. The lowest BCUT2D eigenvalue weighted by Gasteiger charge is -2.13. The monoisotopic (exact) mass is 293 g/mol. The van der Waals surface area contributed by atoms with Crippen molar-refractivity contribution in [3.05, 3.63) is 17.4 Å². The van der Waals surface area contributed by atoms with E-state index in [2.05, 4.69) is 15.3 Å². The highest BCUT2D eigenvalue weighted by molar-refractivity contribution is 6.28. The predicted molar refractivity (Wildman–Crippen MR) is 78.9 cm³/mol. The van der Waals surface area contributed by atoms with Gasteiger partial charge in [0.1, 0.15) is 5.82 Å². The molecule has 2 aromatic rings. The molecule has 6 heteroatoms. The minimum atomic E-state index is 0.229. The van der Waals surface area contributed by atoms with Crippen molar-refractivity contribution in [3.8, 4) is 11.5 Å². The highest BCUT2D eigenvalue weighted by atomic mass is 35.5. The fourth-order valence-electron chi connectivity index (χ4n) is 2.07. The Bertz CT molecular complexity index is 644. The maximum Gasteiger partial charge on any atom is 0.224 e. The fourth-order valence-corrected chi connectivity index (χ4v) is 2.24. The molecule has 1 saturated carbocycles. The second-order valence-corrected chi connectivity index (χ2v) is 5.05. The van der Waals surface area contributed by atoms with Crippen molar-refractivity contribution in [1.82, 2.24) is 9.97 Å². The topological polar surface area (TPSA) is 56.3 Å². The first kappa shape index (κ1) is 13.2. The van der Waals surface area contributed by atoms with Gasteiger partial charge in [-0.3, -0.25) is 0 Å². The largest absolute Gasteiger partial charge is 0.493 e. The van der Waals surface area contributed by atoms with E-state index < -0.39 is 0 Å². The lowest BCUT2D eigenvalue weighted by atomic mass is 10.2. The summed E-state index contributed by atoms with van der Waals surface area (Å²) in [5, 5.41) is 4.50. The average Bonchev–Trinajstić information content (AvgIpc) is 3.23. The van der Waals surface area contributed by atoms with Crippen molar-refractivity contribution in [2.45, 2.75) is 25.8 Å². The number of benzene rings is 1. The molecule has 3 rings (SSSR count). The highest BCUT2D eigenvalue weighted by Gasteiger charge is 2.23. The van der Waals surface area contributed by atoms with Gasteiger partial charge in [-0.2, -0.15) is 0 Å². The van der Waals surface area contributed by atoms with E-state index in [1.165, 1.54) is 0 Å². The molecule has 1 N–H and O–H groups in total. The zero-order chi connectivity index (χ0) is 14.1. The standard InChI is InChI=1S/C14H16ClN3O2/c1-3-20-12-6-9-10(7-11(12)19-2)17-14(15)18-13(9)16-8-4-5-8/h6-8H,3-5H2,1-2H3,(H,16,17,18).